The van der Waals surface area contributed by atoms with Crippen LogP contribution in [0, 0.1) is 0 Å². The van der Waals surface area contributed by atoms with Crippen LogP contribution in [0.25, 0.3) is 0 Å². The maximum absolute atomic E-state index is 11.7. The molecular formula is C8H14N2O2S. The Hall–Kier alpha value is -0.260. The number of rotatable bonds is 1. The van der Waals surface area contributed by atoms with Crippen LogP contribution >= 0.6 is 11.8 Å². The first kappa shape index (κ1) is 9.30. The molecular weight excluding hydrogens is 188 g/mol. The van der Waals surface area contributed by atoms with Crippen molar-refractivity contribution in [3.8, 4) is 0 Å². The minimum atomic E-state index is -0.307. The number of amides is 1. The molecule has 74 valence electrons. The molecule has 0 saturated carbocycles. The highest BCUT2D eigenvalue weighted by Crippen LogP contribution is 2.15. The summed E-state index contributed by atoms with van der Waals surface area (Å²) < 4.78 is 0. The van der Waals surface area contributed by atoms with Crippen LogP contribution in [0.5, 0.6) is 0 Å². The van der Waals surface area contributed by atoms with E-state index in [0.29, 0.717) is 13.1 Å². The SMILES string of the molecule is O=C(C1CSCN1)N1CC[C@@H](O)C1. The van der Waals surface area contributed by atoms with E-state index in [-0.39, 0.29) is 18.1 Å². The highest BCUT2D eigenvalue weighted by Gasteiger charge is 2.31. The highest BCUT2D eigenvalue weighted by molar-refractivity contribution is 7.99. The molecule has 0 radical (unpaired) electrons. The lowest BCUT2D eigenvalue weighted by molar-refractivity contribution is -0.131. The molecule has 5 heteroatoms. The van der Waals surface area contributed by atoms with E-state index in [2.05, 4.69) is 5.32 Å². The second-order valence-corrected chi connectivity index (χ2v) is 4.53. The number of carbonyl (C=O) groups is 1. The van der Waals surface area contributed by atoms with Crippen molar-refractivity contribution in [3.05, 3.63) is 0 Å². The van der Waals surface area contributed by atoms with Crippen molar-refractivity contribution in [1.82, 2.24) is 10.2 Å². The van der Waals surface area contributed by atoms with Gasteiger partial charge in [-0.05, 0) is 6.42 Å². The van der Waals surface area contributed by atoms with Crippen LogP contribution in [-0.2, 0) is 4.79 Å². The van der Waals surface area contributed by atoms with Crippen molar-refractivity contribution in [1.29, 1.82) is 0 Å². The molecule has 0 aromatic rings. The van der Waals surface area contributed by atoms with Gasteiger partial charge in [0.25, 0.3) is 0 Å². The molecule has 2 aliphatic heterocycles. The third-order valence-electron chi connectivity index (χ3n) is 2.49. The minimum absolute atomic E-state index is 0.0182. The Bertz CT molecular complexity index is 206. The maximum Gasteiger partial charge on any atom is 0.240 e. The lowest BCUT2D eigenvalue weighted by atomic mass is 10.3. The Morgan fingerprint density at radius 1 is 1.62 bits per heavy atom. The van der Waals surface area contributed by atoms with Gasteiger partial charge in [-0.3, -0.25) is 10.1 Å². The quantitative estimate of drug-likeness (QED) is 0.587. The smallest absolute Gasteiger partial charge is 0.240 e. The Morgan fingerprint density at radius 3 is 3.00 bits per heavy atom. The third-order valence-corrected chi connectivity index (χ3v) is 3.43. The van der Waals surface area contributed by atoms with Crippen molar-refractivity contribution in [2.24, 2.45) is 0 Å². The number of likely N-dealkylation sites (tertiary alicyclic amines) is 1. The average Bonchev–Trinajstić information content (AvgIpc) is 2.72. The Balaban J connectivity index is 1.89. The molecule has 0 spiro atoms. The summed E-state index contributed by atoms with van der Waals surface area (Å²) in [7, 11) is 0. The summed E-state index contributed by atoms with van der Waals surface area (Å²) in [6.45, 7) is 1.23. The zero-order valence-corrected chi connectivity index (χ0v) is 8.22. The summed E-state index contributed by atoms with van der Waals surface area (Å²) in [4.78, 5) is 13.5. The van der Waals surface area contributed by atoms with Crippen LogP contribution in [-0.4, -0.2) is 52.8 Å². The standard InChI is InChI=1S/C8H14N2O2S/c11-6-1-2-10(3-6)8(12)7-4-13-5-9-7/h6-7,9,11H,1-5H2/t6-,7?/m1/s1. The van der Waals surface area contributed by atoms with Crippen molar-refractivity contribution >= 4 is 17.7 Å². The average molecular weight is 202 g/mol. The van der Waals surface area contributed by atoms with E-state index in [4.69, 9.17) is 0 Å². The molecule has 2 N–H and O–H groups in total. The summed E-state index contributed by atoms with van der Waals surface area (Å²) in [6.07, 6.45) is 0.420. The zero-order chi connectivity index (χ0) is 9.26. The molecule has 2 atom stereocenters. The Kier molecular flexibility index (Phi) is 2.76. The van der Waals surface area contributed by atoms with Gasteiger partial charge in [-0.25, -0.2) is 0 Å². The number of aliphatic hydroxyl groups excluding tert-OH is 1. The first-order valence-electron chi connectivity index (χ1n) is 4.55. The molecule has 1 amide bonds. The van der Waals surface area contributed by atoms with E-state index in [0.717, 1.165) is 18.1 Å². The number of hydrogen-bond acceptors (Lipinski definition) is 4. The molecule has 13 heavy (non-hydrogen) atoms. The maximum atomic E-state index is 11.7. The number of carbonyl (C=O) groups excluding carboxylic acids is 1. The first-order chi connectivity index (χ1) is 6.27. The van der Waals surface area contributed by atoms with Crippen LogP contribution in [0.3, 0.4) is 0 Å². The van der Waals surface area contributed by atoms with E-state index in [1.165, 1.54) is 0 Å². The lowest BCUT2D eigenvalue weighted by Crippen LogP contribution is -2.44. The molecule has 0 aromatic carbocycles. The van der Waals surface area contributed by atoms with Gasteiger partial charge in [0.05, 0.1) is 12.1 Å². The highest BCUT2D eigenvalue weighted by atomic mass is 32.2. The third kappa shape index (κ3) is 1.98. The number of β-amino-alcohol motifs (C(OH)–C–C–N with tert-alkyl or cyclic N) is 1. The van der Waals surface area contributed by atoms with Crippen LogP contribution in [0.1, 0.15) is 6.42 Å². The van der Waals surface area contributed by atoms with Gasteiger partial charge in [0.1, 0.15) is 0 Å². The lowest BCUT2D eigenvalue weighted by Gasteiger charge is -2.19. The van der Waals surface area contributed by atoms with Crippen molar-refractivity contribution < 1.29 is 9.90 Å². The van der Waals surface area contributed by atoms with E-state index >= 15 is 0 Å². The van der Waals surface area contributed by atoms with Gasteiger partial charge < -0.3 is 10.0 Å². The number of nitrogens with one attached hydrogen (secondary N) is 1. The molecule has 4 nitrogen and oxygen atoms in total. The predicted molar refractivity (Wildman–Crippen MR) is 51.5 cm³/mol. The van der Waals surface area contributed by atoms with Gasteiger partial charge in [0.15, 0.2) is 0 Å². The van der Waals surface area contributed by atoms with Gasteiger partial charge in [0.2, 0.25) is 5.91 Å². The van der Waals surface area contributed by atoms with Crippen LogP contribution in [0.2, 0.25) is 0 Å². The summed E-state index contributed by atoms with van der Waals surface area (Å²) in [5.74, 6) is 1.89. The molecule has 2 aliphatic rings. The molecule has 1 unspecified atom stereocenters. The van der Waals surface area contributed by atoms with E-state index in [1.54, 1.807) is 16.7 Å². The largest absolute Gasteiger partial charge is 0.391 e. The number of aliphatic hydroxyl groups is 1. The summed E-state index contributed by atoms with van der Waals surface area (Å²) in [5.41, 5.74) is 0. The van der Waals surface area contributed by atoms with Gasteiger partial charge in [0, 0.05) is 24.7 Å². The fourth-order valence-corrected chi connectivity index (χ4v) is 2.65. The number of nitrogens with zero attached hydrogens (tertiary/aromatic N) is 1. The summed E-state index contributed by atoms with van der Waals surface area (Å²) >= 11 is 1.75. The van der Waals surface area contributed by atoms with Crippen LogP contribution in [0.15, 0.2) is 0 Å². The molecule has 2 heterocycles. The Labute approximate surface area is 81.7 Å². The van der Waals surface area contributed by atoms with Crippen LogP contribution in [0.4, 0.5) is 0 Å². The number of hydrogen-bond donors (Lipinski definition) is 2. The topological polar surface area (TPSA) is 52.6 Å². The fourth-order valence-electron chi connectivity index (χ4n) is 1.72. The molecule has 2 fully saturated rings. The predicted octanol–water partition coefficient (Wildman–Crippen LogP) is -0.758. The van der Waals surface area contributed by atoms with Crippen LogP contribution < -0.4 is 5.32 Å². The van der Waals surface area contributed by atoms with E-state index in [1.807, 2.05) is 0 Å². The van der Waals surface area contributed by atoms with Crippen molar-refractivity contribution in [2.45, 2.75) is 18.6 Å². The molecule has 0 aromatic heterocycles. The van der Waals surface area contributed by atoms with Crippen molar-refractivity contribution in [2.75, 3.05) is 24.7 Å². The fraction of sp³-hybridized carbons (Fsp3) is 0.875. The molecule has 0 aliphatic carbocycles. The van der Waals surface area contributed by atoms with E-state index in [9.17, 15) is 9.90 Å². The van der Waals surface area contributed by atoms with Gasteiger partial charge in [-0.1, -0.05) is 0 Å². The van der Waals surface area contributed by atoms with Gasteiger partial charge >= 0.3 is 0 Å². The zero-order valence-electron chi connectivity index (χ0n) is 7.40. The van der Waals surface area contributed by atoms with Gasteiger partial charge in [-0.15, -0.1) is 11.8 Å². The van der Waals surface area contributed by atoms with Crippen molar-refractivity contribution in [3.63, 3.8) is 0 Å². The second kappa shape index (κ2) is 3.86. The number of thioether (sulfide) groups is 1. The molecule has 0 bridgehead atoms. The normalized spacial score (nSPS) is 34.1. The minimum Gasteiger partial charge on any atom is -0.391 e. The second-order valence-electron chi connectivity index (χ2n) is 3.50. The van der Waals surface area contributed by atoms with E-state index < -0.39 is 0 Å². The molecule has 2 rings (SSSR count). The molecule has 2 saturated heterocycles. The first-order valence-corrected chi connectivity index (χ1v) is 5.71. The van der Waals surface area contributed by atoms with Gasteiger partial charge in [-0.2, -0.15) is 0 Å². The summed E-state index contributed by atoms with van der Waals surface area (Å²) in [5, 5.41) is 12.4. The monoisotopic (exact) mass is 202 g/mol. The summed E-state index contributed by atoms with van der Waals surface area (Å²) in [6, 6.07) is -0.0182. The Morgan fingerprint density at radius 2 is 2.46 bits per heavy atom.